The first-order valence-corrected chi connectivity index (χ1v) is 9.66. The van der Waals surface area contributed by atoms with Gasteiger partial charge in [-0.3, -0.25) is 4.99 Å². The van der Waals surface area contributed by atoms with Gasteiger partial charge in [-0.2, -0.15) is 0 Å². The van der Waals surface area contributed by atoms with Crippen LogP contribution in [0.2, 0.25) is 0 Å². The number of H-pyrrole nitrogens is 1. The first-order valence-electron chi connectivity index (χ1n) is 8.84. The minimum absolute atomic E-state index is 0. The van der Waals surface area contributed by atoms with Gasteiger partial charge in [0.25, 0.3) is 0 Å². The quantitative estimate of drug-likeness (QED) is 0.260. The molecule has 2 heterocycles. The van der Waals surface area contributed by atoms with Crippen LogP contribution in [-0.2, 0) is 12.8 Å². The molecule has 3 aromatic rings. The molecule has 0 aliphatic carbocycles. The number of hydrogen-bond acceptors (Lipinski definition) is 3. The summed E-state index contributed by atoms with van der Waals surface area (Å²) in [5.74, 6) is 0.588. The summed E-state index contributed by atoms with van der Waals surface area (Å²) < 4.78 is 13.5. The predicted molar refractivity (Wildman–Crippen MR) is 122 cm³/mol. The first-order chi connectivity index (χ1) is 12.7. The Morgan fingerprint density at radius 2 is 2.15 bits per heavy atom. The molecule has 8 heteroatoms. The zero-order valence-corrected chi connectivity index (χ0v) is 18.7. The number of guanidine groups is 1. The van der Waals surface area contributed by atoms with Crippen LogP contribution in [0, 0.1) is 12.7 Å². The van der Waals surface area contributed by atoms with Crippen molar-refractivity contribution < 1.29 is 4.39 Å². The molecule has 3 N–H and O–H groups in total. The zero-order chi connectivity index (χ0) is 18.4. The van der Waals surface area contributed by atoms with Crippen LogP contribution in [0.5, 0.6) is 0 Å². The number of nitrogens with zero attached hydrogens (tertiary/aromatic N) is 2. The number of aliphatic imine (C=N–C) groups is 1. The number of aromatic nitrogens is 2. The van der Waals surface area contributed by atoms with Crippen molar-refractivity contribution in [3.05, 3.63) is 51.9 Å². The lowest BCUT2D eigenvalue weighted by atomic mass is 10.1. The number of halogens is 2. The second kappa shape index (κ2) is 10.6. The minimum Gasteiger partial charge on any atom is -0.361 e. The lowest BCUT2D eigenvalue weighted by Crippen LogP contribution is -2.38. The Hall–Kier alpha value is -1.68. The fourth-order valence-electron chi connectivity index (χ4n) is 2.80. The van der Waals surface area contributed by atoms with Gasteiger partial charge in [0.05, 0.1) is 5.01 Å². The number of rotatable bonds is 7. The van der Waals surface area contributed by atoms with Crippen LogP contribution in [0.1, 0.15) is 22.4 Å². The molecule has 0 bridgehead atoms. The van der Waals surface area contributed by atoms with Crippen molar-refractivity contribution >= 4 is 52.2 Å². The van der Waals surface area contributed by atoms with Crippen LogP contribution >= 0.6 is 35.3 Å². The van der Waals surface area contributed by atoms with Crippen LogP contribution in [-0.4, -0.2) is 35.6 Å². The summed E-state index contributed by atoms with van der Waals surface area (Å²) in [7, 11) is 0. The Balaban J connectivity index is 0.00000261. The van der Waals surface area contributed by atoms with E-state index in [1.165, 1.54) is 10.9 Å². The molecule has 0 radical (unpaired) electrons. The SMILES string of the molecule is CCNC(=NCCc1ncc(C)s1)NCCc1c[nH]c2ccc(F)cc12.I. The molecule has 146 valence electrons. The lowest BCUT2D eigenvalue weighted by Gasteiger charge is -2.11. The van der Waals surface area contributed by atoms with Crippen molar-refractivity contribution in [2.75, 3.05) is 19.6 Å². The highest BCUT2D eigenvalue weighted by Gasteiger charge is 2.05. The topological polar surface area (TPSA) is 65.1 Å². The van der Waals surface area contributed by atoms with Gasteiger partial charge in [0.1, 0.15) is 5.82 Å². The molecule has 0 spiro atoms. The molecule has 0 aliphatic rings. The highest BCUT2D eigenvalue weighted by Crippen LogP contribution is 2.19. The first kappa shape index (κ1) is 21.6. The number of fused-ring (bicyclic) bond motifs is 1. The van der Waals surface area contributed by atoms with Crippen molar-refractivity contribution in [3.63, 3.8) is 0 Å². The van der Waals surface area contributed by atoms with Gasteiger partial charge in [-0.25, -0.2) is 9.37 Å². The molecule has 0 fully saturated rings. The second-order valence-corrected chi connectivity index (χ2v) is 7.38. The van der Waals surface area contributed by atoms with Crippen molar-refractivity contribution in [3.8, 4) is 0 Å². The number of thiazole rings is 1. The van der Waals surface area contributed by atoms with E-state index in [0.29, 0.717) is 6.54 Å². The van der Waals surface area contributed by atoms with E-state index in [9.17, 15) is 4.39 Å². The van der Waals surface area contributed by atoms with Gasteiger partial charge >= 0.3 is 0 Å². The van der Waals surface area contributed by atoms with Crippen LogP contribution < -0.4 is 10.6 Å². The minimum atomic E-state index is -0.210. The molecule has 0 atom stereocenters. The Morgan fingerprint density at radius 1 is 1.30 bits per heavy atom. The summed E-state index contributed by atoms with van der Waals surface area (Å²) in [6, 6.07) is 4.82. The van der Waals surface area contributed by atoms with E-state index in [-0.39, 0.29) is 29.8 Å². The number of nitrogens with one attached hydrogen (secondary N) is 3. The third-order valence-electron chi connectivity index (χ3n) is 4.03. The molecule has 0 unspecified atom stereocenters. The molecule has 0 amide bonds. The molecule has 3 rings (SSSR count). The molecule has 27 heavy (non-hydrogen) atoms. The van der Waals surface area contributed by atoms with E-state index in [0.717, 1.165) is 53.4 Å². The third-order valence-corrected chi connectivity index (χ3v) is 5.00. The summed E-state index contributed by atoms with van der Waals surface area (Å²) >= 11 is 1.72. The number of hydrogen-bond donors (Lipinski definition) is 3. The fraction of sp³-hybridized carbons (Fsp3) is 0.368. The second-order valence-electron chi connectivity index (χ2n) is 6.06. The maximum absolute atomic E-state index is 13.5. The smallest absolute Gasteiger partial charge is 0.191 e. The van der Waals surface area contributed by atoms with Crippen molar-refractivity contribution in [2.24, 2.45) is 4.99 Å². The van der Waals surface area contributed by atoms with Gasteiger partial charge in [0.2, 0.25) is 0 Å². The summed E-state index contributed by atoms with van der Waals surface area (Å²) in [5.41, 5.74) is 2.06. The van der Waals surface area contributed by atoms with Crippen LogP contribution in [0.3, 0.4) is 0 Å². The highest BCUT2D eigenvalue weighted by molar-refractivity contribution is 14.0. The molecule has 0 saturated carbocycles. The van der Waals surface area contributed by atoms with E-state index in [4.69, 9.17) is 0 Å². The summed E-state index contributed by atoms with van der Waals surface area (Å²) in [6.07, 6.45) is 5.48. The molecular weight excluding hydrogens is 476 g/mol. The lowest BCUT2D eigenvalue weighted by molar-refractivity contribution is 0.629. The van der Waals surface area contributed by atoms with Gasteiger partial charge < -0.3 is 15.6 Å². The average Bonchev–Trinajstić information content (AvgIpc) is 3.21. The van der Waals surface area contributed by atoms with Gasteiger partial charge in [-0.1, -0.05) is 0 Å². The molecule has 5 nitrogen and oxygen atoms in total. The Morgan fingerprint density at radius 3 is 2.89 bits per heavy atom. The van der Waals surface area contributed by atoms with Gasteiger partial charge in [-0.05, 0) is 44.0 Å². The van der Waals surface area contributed by atoms with Gasteiger partial charge in [-0.15, -0.1) is 35.3 Å². The molecule has 0 aliphatic heterocycles. The molecule has 2 aromatic heterocycles. The van der Waals surface area contributed by atoms with E-state index >= 15 is 0 Å². The summed E-state index contributed by atoms with van der Waals surface area (Å²) in [5, 5.41) is 8.65. The van der Waals surface area contributed by atoms with Gasteiger partial charge in [0.15, 0.2) is 5.96 Å². The normalized spacial score (nSPS) is 11.4. The number of aryl methyl sites for hydroxylation is 1. The molecule has 1 aromatic carbocycles. The highest BCUT2D eigenvalue weighted by atomic mass is 127. The van der Waals surface area contributed by atoms with Crippen molar-refractivity contribution in [2.45, 2.75) is 26.7 Å². The van der Waals surface area contributed by atoms with E-state index < -0.39 is 0 Å². The number of aromatic amines is 1. The largest absolute Gasteiger partial charge is 0.361 e. The summed E-state index contributed by atoms with van der Waals surface area (Å²) in [6.45, 7) is 6.34. The van der Waals surface area contributed by atoms with Crippen LogP contribution in [0.25, 0.3) is 10.9 Å². The Bertz CT molecular complexity index is 889. The van der Waals surface area contributed by atoms with Gasteiger partial charge in [0, 0.05) is 54.2 Å². The van der Waals surface area contributed by atoms with Crippen molar-refractivity contribution in [1.82, 2.24) is 20.6 Å². The van der Waals surface area contributed by atoms with Crippen molar-refractivity contribution in [1.29, 1.82) is 0 Å². The molecule has 0 saturated heterocycles. The predicted octanol–water partition coefficient (Wildman–Crippen LogP) is 4.03. The number of benzene rings is 1. The standard InChI is InChI=1S/C19H24FN5S.HI/c1-3-21-19(23-9-7-18-25-11-13(2)26-18)22-8-6-14-12-24-17-5-4-15(20)10-16(14)17;/h4-5,10-12,24H,3,6-9H2,1-2H3,(H2,21,22,23);1H. The Labute approximate surface area is 179 Å². The summed E-state index contributed by atoms with van der Waals surface area (Å²) in [4.78, 5) is 13.4. The Kier molecular flexibility index (Phi) is 8.49. The zero-order valence-electron chi connectivity index (χ0n) is 15.5. The molecular formula is C19H25FIN5S. The maximum atomic E-state index is 13.5. The maximum Gasteiger partial charge on any atom is 0.191 e. The monoisotopic (exact) mass is 501 g/mol. The van der Waals surface area contributed by atoms with Crippen LogP contribution in [0.15, 0.2) is 35.6 Å². The van der Waals surface area contributed by atoms with E-state index in [1.807, 2.05) is 19.3 Å². The average molecular weight is 501 g/mol. The van der Waals surface area contributed by atoms with E-state index in [1.54, 1.807) is 23.5 Å². The third kappa shape index (κ3) is 6.17. The fourth-order valence-corrected chi connectivity index (χ4v) is 3.57. The van der Waals surface area contributed by atoms with E-state index in [2.05, 4.69) is 32.5 Å². The van der Waals surface area contributed by atoms with Crippen LogP contribution in [0.4, 0.5) is 4.39 Å².